The summed E-state index contributed by atoms with van der Waals surface area (Å²) in [5.74, 6) is -0.331. The molecule has 1 N–H and O–H groups in total. The van der Waals surface area contributed by atoms with Crippen molar-refractivity contribution in [3.8, 4) is 5.75 Å². The fourth-order valence-electron chi connectivity index (χ4n) is 1.78. The summed E-state index contributed by atoms with van der Waals surface area (Å²) >= 11 is 1.49. The molecule has 0 atom stereocenters. The van der Waals surface area contributed by atoms with Crippen molar-refractivity contribution in [1.82, 2.24) is 0 Å². The SMILES string of the molecule is O=C1ON=C(c2cccs2)/C1=C/c1cccc(O)c1. The van der Waals surface area contributed by atoms with Gasteiger partial charge in [-0.05, 0) is 35.2 Å². The van der Waals surface area contributed by atoms with Crippen molar-refractivity contribution < 1.29 is 14.7 Å². The quantitative estimate of drug-likeness (QED) is 0.675. The number of aromatic hydroxyl groups is 1. The van der Waals surface area contributed by atoms with Crippen molar-refractivity contribution >= 4 is 29.1 Å². The number of nitrogens with zero attached hydrogens (tertiary/aromatic N) is 1. The average molecular weight is 271 g/mol. The van der Waals surface area contributed by atoms with Crippen LogP contribution in [0.3, 0.4) is 0 Å². The predicted octanol–water partition coefficient (Wildman–Crippen LogP) is 2.80. The third-order valence-corrected chi connectivity index (χ3v) is 3.51. The molecule has 0 bridgehead atoms. The van der Waals surface area contributed by atoms with Gasteiger partial charge >= 0.3 is 5.97 Å². The van der Waals surface area contributed by atoms with Crippen LogP contribution in [0.1, 0.15) is 10.4 Å². The molecule has 2 aromatic rings. The lowest BCUT2D eigenvalue weighted by Crippen LogP contribution is -2.05. The van der Waals surface area contributed by atoms with Gasteiger partial charge in [-0.25, -0.2) is 4.79 Å². The summed E-state index contributed by atoms with van der Waals surface area (Å²) in [6, 6.07) is 10.4. The van der Waals surface area contributed by atoms with Crippen LogP contribution in [-0.4, -0.2) is 16.8 Å². The molecule has 1 aromatic carbocycles. The lowest BCUT2D eigenvalue weighted by Gasteiger charge is -1.98. The third-order valence-electron chi connectivity index (χ3n) is 2.63. The fourth-order valence-corrected chi connectivity index (χ4v) is 2.50. The Hall–Kier alpha value is -2.40. The van der Waals surface area contributed by atoms with Crippen molar-refractivity contribution in [1.29, 1.82) is 0 Å². The molecule has 0 saturated heterocycles. The highest BCUT2D eigenvalue weighted by Crippen LogP contribution is 2.24. The number of phenols is 1. The van der Waals surface area contributed by atoms with Crippen LogP contribution in [0.4, 0.5) is 0 Å². The van der Waals surface area contributed by atoms with E-state index in [2.05, 4.69) is 5.16 Å². The summed E-state index contributed by atoms with van der Waals surface area (Å²) in [6.07, 6.45) is 1.66. The van der Waals surface area contributed by atoms with Crippen LogP contribution < -0.4 is 0 Å². The number of thiophene rings is 1. The molecule has 0 spiro atoms. The van der Waals surface area contributed by atoms with E-state index in [1.165, 1.54) is 11.3 Å². The largest absolute Gasteiger partial charge is 0.508 e. The molecular formula is C14H9NO3S. The monoisotopic (exact) mass is 271 g/mol. The van der Waals surface area contributed by atoms with Crippen LogP contribution in [0.5, 0.6) is 5.75 Å². The van der Waals surface area contributed by atoms with E-state index in [1.54, 1.807) is 30.3 Å². The maximum absolute atomic E-state index is 11.7. The lowest BCUT2D eigenvalue weighted by atomic mass is 10.1. The number of phenolic OH excluding ortho intramolecular Hbond substituents is 1. The van der Waals surface area contributed by atoms with E-state index in [0.717, 1.165) is 10.4 Å². The Balaban J connectivity index is 2.02. The van der Waals surface area contributed by atoms with Gasteiger partial charge in [-0.3, -0.25) is 0 Å². The zero-order valence-electron chi connectivity index (χ0n) is 9.74. The van der Waals surface area contributed by atoms with Gasteiger partial charge in [-0.15, -0.1) is 11.3 Å². The van der Waals surface area contributed by atoms with E-state index in [4.69, 9.17) is 4.84 Å². The van der Waals surface area contributed by atoms with Crippen molar-refractivity contribution in [2.75, 3.05) is 0 Å². The number of carbonyl (C=O) groups is 1. The molecule has 5 heteroatoms. The van der Waals surface area contributed by atoms with Crippen LogP contribution in [0.15, 0.2) is 52.5 Å². The molecule has 94 valence electrons. The average Bonchev–Trinajstić information content (AvgIpc) is 3.01. The molecule has 19 heavy (non-hydrogen) atoms. The summed E-state index contributed by atoms with van der Waals surface area (Å²) < 4.78 is 0. The first-order chi connectivity index (χ1) is 9.24. The molecule has 1 aliphatic heterocycles. The molecule has 0 saturated carbocycles. The highest BCUT2D eigenvalue weighted by atomic mass is 32.1. The minimum absolute atomic E-state index is 0.148. The van der Waals surface area contributed by atoms with E-state index in [-0.39, 0.29) is 5.75 Å². The van der Waals surface area contributed by atoms with E-state index in [0.29, 0.717) is 11.3 Å². The number of hydrogen-bond donors (Lipinski definition) is 1. The molecule has 4 nitrogen and oxygen atoms in total. The zero-order chi connectivity index (χ0) is 13.2. The Labute approximate surface area is 113 Å². The Bertz CT molecular complexity index is 686. The molecule has 3 rings (SSSR count). The van der Waals surface area contributed by atoms with Gasteiger partial charge in [-0.2, -0.15) is 0 Å². The smallest absolute Gasteiger partial charge is 0.368 e. The number of rotatable bonds is 2. The number of carbonyl (C=O) groups excluding carboxylic acids is 1. The van der Waals surface area contributed by atoms with Crippen LogP contribution in [0.25, 0.3) is 6.08 Å². The molecule has 0 radical (unpaired) electrons. The first kappa shape index (κ1) is 11.7. The van der Waals surface area contributed by atoms with Crippen molar-refractivity contribution in [3.63, 3.8) is 0 Å². The number of benzene rings is 1. The molecule has 1 aromatic heterocycles. The Kier molecular flexibility index (Phi) is 2.89. The van der Waals surface area contributed by atoms with Gasteiger partial charge in [0.1, 0.15) is 11.5 Å². The van der Waals surface area contributed by atoms with Gasteiger partial charge < -0.3 is 9.94 Å². The molecular weight excluding hydrogens is 262 g/mol. The highest BCUT2D eigenvalue weighted by molar-refractivity contribution is 7.12. The molecule has 1 aliphatic rings. The first-order valence-electron chi connectivity index (χ1n) is 5.58. The zero-order valence-corrected chi connectivity index (χ0v) is 10.6. The summed E-state index contributed by atoms with van der Waals surface area (Å²) in [6.45, 7) is 0. The van der Waals surface area contributed by atoms with Crippen LogP contribution in [0, 0.1) is 0 Å². The summed E-state index contributed by atoms with van der Waals surface area (Å²) in [7, 11) is 0. The van der Waals surface area contributed by atoms with E-state index >= 15 is 0 Å². The van der Waals surface area contributed by atoms with Gasteiger partial charge in [-0.1, -0.05) is 23.4 Å². The second-order valence-corrected chi connectivity index (χ2v) is 4.90. The van der Waals surface area contributed by atoms with Gasteiger partial charge in [0.25, 0.3) is 0 Å². The highest BCUT2D eigenvalue weighted by Gasteiger charge is 2.27. The van der Waals surface area contributed by atoms with Crippen LogP contribution in [-0.2, 0) is 9.63 Å². The first-order valence-corrected chi connectivity index (χ1v) is 6.46. The summed E-state index contributed by atoms with van der Waals surface area (Å²) in [5.41, 5.74) is 1.65. The van der Waals surface area contributed by atoms with Gasteiger partial charge in [0.2, 0.25) is 0 Å². The third kappa shape index (κ3) is 2.28. The number of oxime groups is 1. The molecule has 0 aliphatic carbocycles. The maximum atomic E-state index is 11.7. The maximum Gasteiger partial charge on any atom is 0.368 e. The Morgan fingerprint density at radius 3 is 2.89 bits per heavy atom. The summed E-state index contributed by atoms with van der Waals surface area (Å²) in [4.78, 5) is 17.3. The van der Waals surface area contributed by atoms with Crippen LogP contribution >= 0.6 is 11.3 Å². The molecule has 0 amide bonds. The number of hydrogen-bond acceptors (Lipinski definition) is 5. The minimum atomic E-state index is -0.480. The van der Waals surface area contributed by atoms with Gasteiger partial charge in [0.05, 0.1) is 10.5 Å². The van der Waals surface area contributed by atoms with Gasteiger partial charge in [0, 0.05) is 0 Å². The Morgan fingerprint density at radius 2 is 2.16 bits per heavy atom. The minimum Gasteiger partial charge on any atom is -0.508 e. The van der Waals surface area contributed by atoms with Crippen LogP contribution in [0.2, 0.25) is 0 Å². The van der Waals surface area contributed by atoms with Crippen molar-refractivity contribution in [3.05, 3.63) is 57.8 Å². The Morgan fingerprint density at radius 1 is 1.26 bits per heavy atom. The van der Waals surface area contributed by atoms with Crippen molar-refractivity contribution in [2.45, 2.75) is 0 Å². The van der Waals surface area contributed by atoms with E-state index in [1.807, 2.05) is 17.5 Å². The summed E-state index contributed by atoms with van der Waals surface area (Å²) in [5, 5.41) is 15.1. The second kappa shape index (κ2) is 4.70. The van der Waals surface area contributed by atoms with E-state index < -0.39 is 5.97 Å². The van der Waals surface area contributed by atoms with Gasteiger partial charge in [0.15, 0.2) is 0 Å². The van der Waals surface area contributed by atoms with E-state index in [9.17, 15) is 9.90 Å². The predicted molar refractivity (Wildman–Crippen MR) is 73.0 cm³/mol. The standard InChI is InChI=1S/C14H9NO3S/c16-10-4-1-3-9(7-10)8-11-13(15-18-14(11)17)12-5-2-6-19-12/h1-8,16H/b11-8-. The second-order valence-electron chi connectivity index (χ2n) is 3.95. The molecule has 0 unspecified atom stereocenters. The van der Waals surface area contributed by atoms with Crippen molar-refractivity contribution in [2.24, 2.45) is 5.16 Å². The molecule has 0 fully saturated rings. The molecule has 2 heterocycles. The fraction of sp³-hybridized carbons (Fsp3) is 0. The lowest BCUT2D eigenvalue weighted by molar-refractivity contribution is -0.136. The normalized spacial score (nSPS) is 16.5. The topological polar surface area (TPSA) is 58.9 Å².